The molecule has 0 amide bonds. The number of carbonyl (C=O) groups is 2. The maximum absolute atomic E-state index is 12.2. The van der Waals surface area contributed by atoms with E-state index in [0.29, 0.717) is 10.6 Å². The largest absolute Gasteiger partial charge is 0.451 e. The molecule has 0 saturated heterocycles. The topological polar surface area (TPSA) is 43.4 Å². The van der Waals surface area contributed by atoms with Crippen molar-refractivity contribution in [2.45, 2.75) is 20.0 Å². The van der Waals surface area contributed by atoms with E-state index in [0.717, 1.165) is 11.1 Å². The zero-order valence-corrected chi connectivity index (χ0v) is 13.7. The smallest absolute Gasteiger partial charge is 0.331 e. The summed E-state index contributed by atoms with van der Waals surface area (Å²) in [6.07, 6.45) is 2.09. The molecule has 0 aliphatic rings. The van der Waals surface area contributed by atoms with E-state index in [1.165, 1.54) is 6.08 Å². The number of aryl methyl sites for hydroxylation is 1. The zero-order chi connectivity index (χ0) is 16.8. The van der Waals surface area contributed by atoms with E-state index in [1.54, 1.807) is 37.3 Å². The lowest BCUT2D eigenvalue weighted by Crippen LogP contribution is -2.23. The van der Waals surface area contributed by atoms with Gasteiger partial charge in [-0.15, -0.1) is 0 Å². The summed E-state index contributed by atoms with van der Waals surface area (Å²) in [6.45, 7) is 3.53. The lowest BCUT2D eigenvalue weighted by Gasteiger charge is -2.11. The lowest BCUT2D eigenvalue weighted by atomic mass is 10.1. The third-order valence-corrected chi connectivity index (χ3v) is 3.50. The first kappa shape index (κ1) is 17.0. The fraction of sp³-hybridized carbons (Fsp3) is 0.158. The molecule has 2 aromatic carbocycles. The average Bonchev–Trinajstić information content (AvgIpc) is 2.53. The van der Waals surface area contributed by atoms with Gasteiger partial charge in [0, 0.05) is 16.7 Å². The van der Waals surface area contributed by atoms with Crippen LogP contribution in [0.5, 0.6) is 0 Å². The van der Waals surface area contributed by atoms with Crippen LogP contribution >= 0.6 is 11.6 Å². The van der Waals surface area contributed by atoms with E-state index < -0.39 is 12.1 Å². The summed E-state index contributed by atoms with van der Waals surface area (Å²) in [6, 6.07) is 14.3. The van der Waals surface area contributed by atoms with E-state index in [4.69, 9.17) is 16.3 Å². The second-order valence-electron chi connectivity index (χ2n) is 5.20. The van der Waals surface area contributed by atoms with Gasteiger partial charge in [-0.3, -0.25) is 4.79 Å². The Hall–Kier alpha value is -2.39. The Morgan fingerprint density at radius 2 is 1.83 bits per heavy atom. The highest BCUT2D eigenvalue weighted by atomic mass is 35.5. The minimum Gasteiger partial charge on any atom is -0.451 e. The van der Waals surface area contributed by atoms with Crippen molar-refractivity contribution in [1.82, 2.24) is 0 Å². The van der Waals surface area contributed by atoms with Crippen molar-refractivity contribution in [1.29, 1.82) is 0 Å². The minimum absolute atomic E-state index is 0.287. The molecule has 1 unspecified atom stereocenters. The molecule has 0 radical (unpaired) electrons. The van der Waals surface area contributed by atoms with Crippen LogP contribution in [0.1, 0.15) is 28.4 Å². The minimum atomic E-state index is -0.872. The molecule has 0 N–H and O–H groups in total. The predicted octanol–water partition coefficient (Wildman–Crippen LogP) is 4.48. The summed E-state index contributed by atoms with van der Waals surface area (Å²) in [7, 11) is 0. The molecule has 0 spiro atoms. The maximum atomic E-state index is 12.2. The van der Waals surface area contributed by atoms with Crippen LogP contribution in [0.25, 0.3) is 6.08 Å². The van der Waals surface area contributed by atoms with E-state index in [1.807, 2.05) is 31.2 Å². The SMILES string of the molecule is Cc1ccc(/C=C/C(=O)OC(C)C(=O)c2cccc(Cl)c2)cc1. The van der Waals surface area contributed by atoms with Crippen LogP contribution in [0.4, 0.5) is 0 Å². The Labute approximate surface area is 140 Å². The molecule has 4 heteroatoms. The number of rotatable bonds is 5. The summed E-state index contributed by atoms with van der Waals surface area (Å²) in [5.74, 6) is -0.849. The fourth-order valence-electron chi connectivity index (χ4n) is 1.99. The van der Waals surface area contributed by atoms with Gasteiger partial charge in [0.2, 0.25) is 5.78 Å². The van der Waals surface area contributed by atoms with Gasteiger partial charge in [0.1, 0.15) is 0 Å². The first-order valence-electron chi connectivity index (χ1n) is 7.21. The molecule has 0 heterocycles. The maximum Gasteiger partial charge on any atom is 0.331 e. The third kappa shape index (κ3) is 5.08. The zero-order valence-electron chi connectivity index (χ0n) is 13.0. The Morgan fingerprint density at radius 1 is 1.13 bits per heavy atom. The van der Waals surface area contributed by atoms with Crippen LogP contribution in [-0.2, 0) is 9.53 Å². The van der Waals surface area contributed by atoms with Crippen LogP contribution in [0.15, 0.2) is 54.6 Å². The molecule has 3 nitrogen and oxygen atoms in total. The van der Waals surface area contributed by atoms with Crippen LogP contribution in [0, 0.1) is 6.92 Å². The second kappa shape index (κ2) is 7.75. The van der Waals surface area contributed by atoms with Crippen molar-refractivity contribution in [3.05, 3.63) is 76.3 Å². The van der Waals surface area contributed by atoms with Gasteiger partial charge in [0.05, 0.1) is 0 Å². The molecule has 0 bridgehead atoms. The molecule has 2 rings (SSSR count). The van der Waals surface area contributed by atoms with E-state index >= 15 is 0 Å². The molecule has 118 valence electrons. The normalized spacial score (nSPS) is 12.1. The Morgan fingerprint density at radius 3 is 2.48 bits per heavy atom. The molecule has 0 aliphatic carbocycles. The van der Waals surface area contributed by atoms with Crippen LogP contribution in [0.3, 0.4) is 0 Å². The van der Waals surface area contributed by atoms with Crippen molar-refractivity contribution in [3.8, 4) is 0 Å². The van der Waals surface area contributed by atoms with Gasteiger partial charge in [0.15, 0.2) is 6.10 Å². The third-order valence-electron chi connectivity index (χ3n) is 3.26. The van der Waals surface area contributed by atoms with Crippen molar-refractivity contribution in [3.63, 3.8) is 0 Å². The molecule has 0 aromatic heterocycles. The predicted molar refractivity (Wildman–Crippen MR) is 91.5 cm³/mol. The van der Waals surface area contributed by atoms with Gasteiger partial charge in [-0.1, -0.05) is 53.6 Å². The number of hydrogen-bond acceptors (Lipinski definition) is 3. The van der Waals surface area contributed by atoms with Gasteiger partial charge in [-0.05, 0) is 37.6 Å². The quantitative estimate of drug-likeness (QED) is 0.462. The summed E-state index contributed by atoms with van der Waals surface area (Å²) in [5, 5.41) is 0.466. The van der Waals surface area contributed by atoms with Crippen molar-refractivity contribution in [2.75, 3.05) is 0 Å². The highest BCUT2D eigenvalue weighted by Crippen LogP contribution is 2.14. The van der Waals surface area contributed by atoms with Gasteiger partial charge >= 0.3 is 5.97 Å². The van der Waals surface area contributed by atoms with Gasteiger partial charge in [-0.25, -0.2) is 4.79 Å². The number of ether oxygens (including phenoxy) is 1. The van der Waals surface area contributed by atoms with E-state index in [2.05, 4.69) is 0 Å². The monoisotopic (exact) mass is 328 g/mol. The molecule has 0 aliphatic heterocycles. The number of carbonyl (C=O) groups excluding carboxylic acids is 2. The molecule has 0 saturated carbocycles. The summed E-state index contributed by atoms with van der Waals surface area (Å²) in [5.41, 5.74) is 2.45. The lowest BCUT2D eigenvalue weighted by molar-refractivity contribution is -0.140. The first-order valence-corrected chi connectivity index (χ1v) is 7.58. The summed E-state index contributed by atoms with van der Waals surface area (Å²) >= 11 is 5.86. The summed E-state index contributed by atoms with van der Waals surface area (Å²) < 4.78 is 5.13. The Balaban J connectivity index is 1.96. The Bertz CT molecular complexity index is 733. The number of halogens is 1. The standard InChI is InChI=1S/C19H17ClO3/c1-13-6-8-15(9-7-13)10-11-18(21)23-14(2)19(22)16-4-3-5-17(20)12-16/h3-12,14H,1-2H3/b11-10+. The highest BCUT2D eigenvalue weighted by Gasteiger charge is 2.18. The molecule has 23 heavy (non-hydrogen) atoms. The first-order chi connectivity index (χ1) is 11.0. The van der Waals surface area contributed by atoms with Crippen molar-refractivity contribution < 1.29 is 14.3 Å². The van der Waals surface area contributed by atoms with E-state index in [-0.39, 0.29) is 5.78 Å². The van der Waals surface area contributed by atoms with Crippen LogP contribution in [0.2, 0.25) is 5.02 Å². The van der Waals surface area contributed by atoms with Crippen LogP contribution in [-0.4, -0.2) is 17.9 Å². The number of ketones is 1. The number of Topliss-reactive ketones (excluding diaryl/α,β-unsaturated/α-hetero) is 1. The molecular weight excluding hydrogens is 312 g/mol. The number of esters is 1. The highest BCUT2D eigenvalue weighted by molar-refractivity contribution is 6.31. The number of hydrogen-bond donors (Lipinski definition) is 0. The van der Waals surface area contributed by atoms with Crippen molar-refractivity contribution in [2.24, 2.45) is 0 Å². The van der Waals surface area contributed by atoms with Crippen LogP contribution < -0.4 is 0 Å². The summed E-state index contributed by atoms with van der Waals surface area (Å²) in [4.78, 5) is 24.0. The molecular formula is C19H17ClO3. The molecule has 0 fully saturated rings. The fourth-order valence-corrected chi connectivity index (χ4v) is 2.18. The molecule has 2 aromatic rings. The van der Waals surface area contributed by atoms with Gasteiger partial charge in [-0.2, -0.15) is 0 Å². The van der Waals surface area contributed by atoms with E-state index in [9.17, 15) is 9.59 Å². The van der Waals surface area contributed by atoms with Gasteiger partial charge in [0.25, 0.3) is 0 Å². The Kier molecular flexibility index (Phi) is 5.72. The van der Waals surface area contributed by atoms with Gasteiger partial charge < -0.3 is 4.74 Å². The average molecular weight is 329 g/mol. The van der Waals surface area contributed by atoms with Crippen molar-refractivity contribution >= 4 is 29.4 Å². The second-order valence-corrected chi connectivity index (χ2v) is 5.63. The number of benzene rings is 2. The molecule has 1 atom stereocenters.